The van der Waals surface area contributed by atoms with Crippen LogP contribution in [0.5, 0.6) is 0 Å². The Balaban J connectivity index is 1.52. The fourth-order valence-electron chi connectivity index (χ4n) is 3.67. The Labute approximate surface area is 184 Å². The summed E-state index contributed by atoms with van der Waals surface area (Å²) >= 11 is 2.92. The highest BCUT2D eigenvalue weighted by Gasteiger charge is 2.24. The van der Waals surface area contributed by atoms with Gasteiger partial charge in [0.1, 0.15) is 16.9 Å². The molecule has 154 valence electrons. The number of aryl methyl sites for hydroxylation is 2. The first-order valence-corrected chi connectivity index (χ1v) is 11.8. The van der Waals surface area contributed by atoms with Crippen LogP contribution in [0.1, 0.15) is 48.0 Å². The van der Waals surface area contributed by atoms with Crippen molar-refractivity contribution in [3.8, 4) is 11.8 Å². The minimum atomic E-state index is -0.385. The van der Waals surface area contributed by atoms with Crippen molar-refractivity contribution in [2.45, 2.75) is 56.4 Å². The lowest BCUT2D eigenvalue weighted by Gasteiger charge is -2.13. The number of hydrogen-bond acceptors (Lipinski definition) is 6. The lowest BCUT2D eigenvalue weighted by Crippen LogP contribution is -2.23. The SMILES string of the molecule is Cc1nnc(S[C@@H](C)C(=O)Nc2sc3c(c2C#N)CCCCC3)n1-c1ccccc1. The van der Waals surface area contributed by atoms with Crippen LogP contribution >= 0.6 is 23.1 Å². The molecule has 0 aliphatic heterocycles. The average Bonchev–Trinajstić information content (AvgIpc) is 3.18. The summed E-state index contributed by atoms with van der Waals surface area (Å²) < 4.78 is 1.95. The third kappa shape index (κ3) is 4.13. The molecule has 0 unspecified atom stereocenters. The normalized spacial score (nSPS) is 14.4. The van der Waals surface area contributed by atoms with Crippen LogP contribution in [0.15, 0.2) is 35.5 Å². The second kappa shape index (κ2) is 9.02. The molecule has 30 heavy (non-hydrogen) atoms. The summed E-state index contributed by atoms with van der Waals surface area (Å²) in [6, 6.07) is 12.2. The summed E-state index contributed by atoms with van der Waals surface area (Å²) in [5.74, 6) is 0.637. The van der Waals surface area contributed by atoms with E-state index >= 15 is 0 Å². The van der Waals surface area contributed by atoms with Crippen molar-refractivity contribution in [3.05, 3.63) is 52.2 Å². The van der Waals surface area contributed by atoms with Crippen LogP contribution in [-0.4, -0.2) is 25.9 Å². The molecule has 0 bridgehead atoms. The van der Waals surface area contributed by atoms with Crippen LogP contribution in [0.4, 0.5) is 5.00 Å². The van der Waals surface area contributed by atoms with Crippen molar-refractivity contribution in [2.75, 3.05) is 5.32 Å². The monoisotopic (exact) mass is 437 g/mol. The summed E-state index contributed by atoms with van der Waals surface area (Å²) in [4.78, 5) is 14.2. The maximum absolute atomic E-state index is 12.9. The van der Waals surface area contributed by atoms with Crippen LogP contribution in [0.25, 0.3) is 5.69 Å². The van der Waals surface area contributed by atoms with E-state index in [1.165, 1.54) is 23.1 Å². The summed E-state index contributed by atoms with van der Waals surface area (Å²) in [5.41, 5.74) is 2.74. The molecule has 0 fully saturated rings. The first-order valence-electron chi connectivity index (χ1n) is 10.1. The smallest absolute Gasteiger partial charge is 0.238 e. The summed E-state index contributed by atoms with van der Waals surface area (Å²) in [6.07, 6.45) is 5.37. The highest BCUT2D eigenvalue weighted by molar-refractivity contribution is 8.00. The van der Waals surface area contributed by atoms with E-state index in [-0.39, 0.29) is 11.2 Å². The van der Waals surface area contributed by atoms with Gasteiger partial charge in [0.15, 0.2) is 5.16 Å². The molecule has 0 saturated carbocycles. The van der Waals surface area contributed by atoms with E-state index in [9.17, 15) is 10.1 Å². The van der Waals surface area contributed by atoms with Crippen LogP contribution in [0.3, 0.4) is 0 Å². The van der Waals surface area contributed by atoms with Crippen molar-refractivity contribution in [1.82, 2.24) is 14.8 Å². The van der Waals surface area contributed by atoms with E-state index in [1.807, 2.05) is 48.7 Å². The Hall–Kier alpha value is -2.63. The molecule has 2 aromatic heterocycles. The topological polar surface area (TPSA) is 83.6 Å². The first-order chi connectivity index (χ1) is 14.6. The van der Waals surface area contributed by atoms with Gasteiger partial charge in [-0.15, -0.1) is 21.5 Å². The molecule has 1 aliphatic rings. The second-order valence-corrected chi connectivity index (χ2v) is 9.74. The number of anilines is 1. The molecular weight excluding hydrogens is 414 g/mol. The standard InChI is InChI=1S/C22H23N5OS2/c1-14(29-22-26-25-15(2)27(22)16-9-5-3-6-10-16)20(28)24-21-18(13-23)17-11-7-4-8-12-19(17)30-21/h3,5-6,9-10,14H,4,7-8,11-12H2,1-2H3,(H,24,28)/t14-/m0/s1. The average molecular weight is 438 g/mol. The van der Waals surface area contributed by atoms with Gasteiger partial charge in [-0.2, -0.15) is 5.26 Å². The van der Waals surface area contributed by atoms with Crippen molar-refractivity contribution in [2.24, 2.45) is 0 Å². The molecule has 6 nitrogen and oxygen atoms in total. The van der Waals surface area contributed by atoms with E-state index in [4.69, 9.17) is 0 Å². The molecule has 8 heteroatoms. The van der Waals surface area contributed by atoms with Gasteiger partial charge in [-0.05, 0) is 57.2 Å². The molecule has 1 aromatic carbocycles. The maximum atomic E-state index is 12.9. The molecule has 0 spiro atoms. The number of carbonyl (C=O) groups excluding carboxylic acids is 1. The van der Waals surface area contributed by atoms with Gasteiger partial charge in [-0.3, -0.25) is 9.36 Å². The molecule has 1 aliphatic carbocycles. The largest absolute Gasteiger partial charge is 0.316 e. The fourth-order valence-corrected chi connectivity index (χ4v) is 5.82. The molecule has 1 amide bonds. The van der Waals surface area contributed by atoms with Gasteiger partial charge in [0.2, 0.25) is 5.91 Å². The third-order valence-electron chi connectivity index (χ3n) is 5.23. The Bertz CT molecular complexity index is 1100. The molecular formula is C22H23N5OS2. The number of thioether (sulfide) groups is 1. The molecule has 1 N–H and O–H groups in total. The number of hydrogen-bond donors (Lipinski definition) is 1. The molecule has 1 atom stereocenters. The van der Waals surface area contributed by atoms with Gasteiger partial charge in [-0.25, -0.2) is 0 Å². The molecule has 0 radical (unpaired) electrons. The van der Waals surface area contributed by atoms with E-state index in [0.717, 1.165) is 42.8 Å². The van der Waals surface area contributed by atoms with Crippen molar-refractivity contribution in [3.63, 3.8) is 0 Å². The number of amides is 1. The number of carbonyl (C=O) groups is 1. The van der Waals surface area contributed by atoms with Crippen LogP contribution in [-0.2, 0) is 17.6 Å². The molecule has 2 heterocycles. The third-order valence-corrected chi connectivity index (χ3v) is 7.48. The number of nitrogens with one attached hydrogen (secondary N) is 1. The zero-order valence-corrected chi connectivity index (χ0v) is 18.6. The minimum absolute atomic E-state index is 0.131. The predicted molar refractivity (Wildman–Crippen MR) is 120 cm³/mol. The first kappa shape index (κ1) is 20.6. The summed E-state index contributed by atoms with van der Waals surface area (Å²) in [6.45, 7) is 3.75. The number of thiophene rings is 1. The van der Waals surface area contributed by atoms with E-state index < -0.39 is 0 Å². The number of nitrogens with zero attached hydrogens (tertiary/aromatic N) is 4. The second-order valence-electron chi connectivity index (χ2n) is 7.33. The number of nitriles is 1. The number of rotatable bonds is 5. The van der Waals surface area contributed by atoms with Gasteiger partial charge in [-0.1, -0.05) is 36.4 Å². The van der Waals surface area contributed by atoms with Gasteiger partial charge in [0, 0.05) is 10.6 Å². The Morgan fingerprint density at radius 1 is 1.23 bits per heavy atom. The van der Waals surface area contributed by atoms with E-state index in [1.54, 1.807) is 11.3 Å². The number of para-hydroxylation sites is 1. The Kier molecular flexibility index (Phi) is 6.21. The van der Waals surface area contributed by atoms with Gasteiger partial charge in [0.05, 0.1) is 10.8 Å². The predicted octanol–water partition coefficient (Wildman–Crippen LogP) is 4.90. The van der Waals surface area contributed by atoms with E-state index in [0.29, 0.717) is 15.7 Å². The lowest BCUT2D eigenvalue weighted by molar-refractivity contribution is -0.115. The van der Waals surface area contributed by atoms with Crippen molar-refractivity contribution >= 4 is 34.0 Å². The van der Waals surface area contributed by atoms with Crippen molar-refractivity contribution < 1.29 is 4.79 Å². The zero-order chi connectivity index (χ0) is 21.1. The molecule has 4 rings (SSSR count). The summed E-state index contributed by atoms with van der Waals surface area (Å²) in [5, 5.41) is 22.1. The maximum Gasteiger partial charge on any atom is 0.238 e. The number of fused-ring (bicyclic) bond motifs is 1. The Morgan fingerprint density at radius 3 is 2.77 bits per heavy atom. The Morgan fingerprint density at radius 2 is 2.00 bits per heavy atom. The molecule has 3 aromatic rings. The van der Waals surface area contributed by atoms with Crippen LogP contribution in [0.2, 0.25) is 0 Å². The highest BCUT2D eigenvalue weighted by atomic mass is 32.2. The number of aromatic nitrogens is 3. The van der Waals surface area contributed by atoms with Crippen LogP contribution in [0, 0.1) is 18.3 Å². The van der Waals surface area contributed by atoms with E-state index in [2.05, 4.69) is 21.6 Å². The quantitative estimate of drug-likeness (QED) is 0.453. The minimum Gasteiger partial charge on any atom is -0.316 e. The lowest BCUT2D eigenvalue weighted by atomic mass is 10.1. The van der Waals surface area contributed by atoms with Crippen molar-refractivity contribution in [1.29, 1.82) is 5.26 Å². The summed E-state index contributed by atoms with van der Waals surface area (Å²) in [7, 11) is 0. The van der Waals surface area contributed by atoms with Gasteiger partial charge >= 0.3 is 0 Å². The zero-order valence-electron chi connectivity index (χ0n) is 17.0. The fraction of sp³-hybridized carbons (Fsp3) is 0.364. The highest BCUT2D eigenvalue weighted by Crippen LogP contribution is 2.37. The van der Waals surface area contributed by atoms with Gasteiger partial charge < -0.3 is 5.32 Å². The molecule has 0 saturated heterocycles. The van der Waals surface area contributed by atoms with Crippen LogP contribution < -0.4 is 5.32 Å². The number of benzene rings is 1. The van der Waals surface area contributed by atoms with Gasteiger partial charge in [0.25, 0.3) is 0 Å².